The number of rotatable bonds is 8. The number of nitrogens with zero attached hydrogens (tertiary/aromatic N) is 3. The predicted molar refractivity (Wildman–Crippen MR) is 130 cm³/mol. The van der Waals surface area contributed by atoms with E-state index in [1.807, 2.05) is 18.2 Å². The molecule has 4 aromatic rings. The number of ether oxygens (including phenoxy) is 1. The number of benzene rings is 1. The Morgan fingerprint density at radius 3 is 2.81 bits per heavy atom. The smallest absolute Gasteiger partial charge is 0.358 e. The summed E-state index contributed by atoms with van der Waals surface area (Å²) in [7, 11) is 0. The van der Waals surface area contributed by atoms with E-state index in [-0.39, 0.29) is 24.0 Å². The molecule has 0 saturated carbocycles. The summed E-state index contributed by atoms with van der Waals surface area (Å²) >= 11 is 4.15. The predicted octanol–water partition coefficient (Wildman–Crippen LogP) is 5.20. The number of esters is 1. The molecule has 0 aliphatic rings. The maximum atomic E-state index is 12.5. The SMILES string of the molecule is C=CCOC(=O)c1nc(NC(=O)CSc2ncnc3sc(-c4ccccc4)cc23)sc1C. The molecule has 0 aliphatic heterocycles. The van der Waals surface area contributed by atoms with Gasteiger partial charge >= 0.3 is 5.97 Å². The van der Waals surface area contributed by atoms with Crippen molar-refractivity contribution in [3.05, 3.63) is 66.0 Å². The molecule has 0 saturated heterocycles. The van der Waals surface area contributed by atoms with Gasteiger partial charge in [-0.2, -0.15) is 0 Å². The normalized spacial score (nSPS) is 10.8. The molecule has 0 spiro atoms. The molecule has 1 aromatic carbocycles. The molecular weight excluding hydrogens is 464 g/mol. The van der Waals surface area contributed by atoms with E-state index in [0.717, 1.165) is 25.7 Å². The summed E-state index contributed by atoms with van der Waals surface area (Å²) < 4.78 is 5.01. The molecule has 162 valence electrons. The number of nitrogens with one attached hydrogen (secondary N) is 1. The van der Waals surface area contributed by atoms with Gasteiger partial charge in [0.25, 0.3) is 0 Å². The van der Waals surface area contributed by atoms with Gasteiger partial charge in [0.2, 0.25) is 5.91 Å². The molecule has 7 nitrogen and oxygen atoms in total. The van der Waals surface area contributed by atoms with Crippen LogP contribution in [0.1, 0.15) is 15.4 Å². The summed E-state index contributed by atoms with van der Waals surface area (Å²) in [5.41, 5.74) is 1.31. The quantitative estimate of drug-likeness (QED) is 0.160. The molecule has 4 rings (SSSR count). The summed E-state index contributed by atoms with van der Waals surface area (Å²) in [6.07, 6.45) is 3.00. The lowest BCUT2D eigenvalue weighted by Crippen LogP contribution is -2.14. The van der Waals surface area contributed by atoms with Crippen LogP contribution in [0.15, 0.2) is 60.4 Å². The highest BCUT2D eigenvalue weighted by Crippen LogP contribution is 2.36. The summed E-state index contributed by atoms with van der Waals surface area (Å²) in [6.45, 7) is 5.37. The number of aryl methyl sites for hydroxylation is 1. The number of aromatic nitrogens is 3. The second-order valence-corrected chi connectivity index (χ2v) is 9.72. The van der Waals surface area contributed by atoms with Crippen molar-refractivity contribution in [1.82, 2.24) is 15.0 Å². The molecule has 1 amide bonds. The van der Waals surface area contributed by atoms with E-state index in [1.54, 1.807) is 18.3 Å². The number of fused-ring (bicyclic) bond motifs is 1. The maximum absolute atomic E-state index is 12.5. The Morgan fingerprint density at radius 2 is 2.03 bits per heavy atom. The second-order valence-electron chi connectivity index (χ2n) is 6.52. The lowest BCUT2D eigenvalue weighted by molar-refractivity contribution is -0.113. The third kappa shape index (κ3) is 5.04. The van der Waals surface area contributed by atoms with Crippen molar-refractivity contribution in [2.45, 2.75) is 11.9 Å². The van der Waals surface area contributed by atoms with Crippen LogP contribution in [0.2, 0.25) is 0 Å². The van der Waals surface area contributed by atoms with E-state index in [2.05, 4.69) is 45.0 Å². The average Bonchev–Trinajstić information content (AvgIpc) is 3.40. The number of thioether (sulfide) groups is 1. The number of carbonyl (C=O) groups is 2. The fourth-order valence-electron chi connectivity index (χ4n) is 2.83. The van der Waals surface area contributed by atoms with E-state index in [0.29, 0.717) is 10.0 Å². The fourth-order valence-corrected chi connectivity index (χ4v) is 5.48. The van der Waals surface area contributed by atoms with Crippen molar-refractivity contribution >= 4 is 61.7 Å². The van der Waals surface area contributed by atoms with Crippen molar-refractivity contribution in [3.63, 3.8) is 0 Å². The monoisotopic (exact) mass is 482 g/mol. The third-order valence-electron chi connectivity index (χ3n) is 4.26. The number of hydrogen-bond acceptors (Lipinski definition) is 9. The number of anilines is 1. The van der Waals surface area contributed by atoms with Gasteiger partial charge in [0, 0.05) is 15.1 Å². The third-order valence-corrected chi connectivity index (χ3v) is 7.24. The number of hydrogen-bond donors (Lipinski definition) is 1. The molecule has 3 heterocycles. The zero-order chi connectivity index (χ0) is 22.5. The molecule has 32 heavy (non-hydrogen) atoms. The van der Waals surface area contributed by atoms with Gasteiger partial charge in [-0.15, -0.1) is 22.7 Å². The topological polar surface area (TPSA) is 94.1 Å². The van der Waals surface area contributed by atoms with Crippen molar-refractivity contribution in [3.8, 4) is 10.4 Å². The van der Waals surface area contributed by atoms with Gasteiger partial charge in [-0.3, -0.25) is 4.79 Å². The molecular formula is C22H18N4O3S3. The molecule has 0 atom stereocenters. The van der Waals surface area contributed by atoms with E-state index in [1.165, 1.54) is 35.5 Å². The first-order chi connectivity index (χ1) is 15.5. The van der Waals surface area contributed by atoms with E-state index < -0.39 is 5.97 Å². The van der Waals surface area contributed by atoms with Gasteiger partial charge in [-0.1, -0.05) is 54.7 Å². The molecule has 0 aliphatic carbocycles. The molecule has 1 N–H and O–H groups in total. The van der Waals surface area contributed by atoms with Crippen molar-refractivity contribution in [1.29, 1.82) is 0 Å². The van der Waals surface area contributed by atoms with Crippen molar-refractivity contribution < 1.29 is 14.3 Å². The van der Waals surface area contributed by atoms with Crippen LogP contribution in [-0.4, -0.2) is 39.2 Å². The maximum Gasteiger partial charge on any atom is 0.358 e. The van der Waals surface area contributed by atoms with Crippen LogP contribution in [-0.2, 0) is 9.53 Å². The summed E-state index contributed by atoms with van der Waals surface area (Å²) in [6, 6.07) is 12.1. The first kappa shape index (κ1) is 22.1. The molecule has 0 unspecified atom stereocenters. The molecule has 3 aromatic heterocycles. The minimum absolute atomic E-state index is 0.107. The van der Waals surface area contributed by atoms with Gasteiger partial charge in [-0.25, -0.2) is 19.7 Å². The average molecular weight is 483 g/mol. The Kier molecular flexibility index (Phi) is 6.93. The minimum atomic E-state index is -0.538. The summed E-state index contributed by atoms with van der Waals surface area (Å²) in [5.74, 6) is -0.624. The van der Waals surface area contributed by atoms with Crippen molar-refractivity contribution in [2.24, 2.45) is 0 Å². The lowest BCUT2D eigenvalue weighted by atomic mass is 10.2. The second kappa shape index (κ2) is 10.0. The molecule has 10 heteroatoms. The number of thiophene rings is 1. The Bertz CT molecular complexity index is 1280. The standard InChI is InChI=1S/C22H18N4O3S3/c1-3-9-29-21(28)18-13(2)31-22(26-18)25-17(27)11-30-19-15-10-16(14-7-5-4-6-8-14)32-20(15)24-12-23-19/h3-8,10,12H,1,9,11H2,2H3,(H,25,26,27). The Balaban J connectivity index is 1.43. The van der Waals surface area contributed by atoms with Gasteiger partial charge in [0.1, 0.15) is 22.8 Å². The fraction of sp³-hybridized carbons (Fsp3) is 0.136. The van der Waals surface area contributed by atoms with Crippen LogP contribution >= 0.6 is 34.4 Å². The summed E-state index contributed by atoms with van der Waals surface area (Å²) in [5, 5.41) is 4.76. The number of amides is 1. The van der Waals surface area contributed by atoms with Gasteiger partial charge < -0.3 is 10.1 Å². The van der Waals surface area contributed by atoms with Crippen LogP contribution < -0.4 is 5.32 Å². The highest BCUT2D eigenvalue weighted by molar-refractivity contribution is 8.00. The van der Waals surface area contributed by atoms with Crippen LogP contribution in [0.25, 0.3) is 20.7 Å². The van der Waals surface area contributed by atoms with E-state index in [4.69, 9.17) is 4.74 Å². The lowest BCUT2D eigenvalue weighted by Gasteiger charge is -2.02. The first-order valence-electron chi connectivity index (χ1n) is 9.53. The van der Waals surface area contributed by atoms with Gasteiger partial charge in [0.15, 0.2) is 10.8 Å². The van der Waals surface area contributed by atoms with E-state index >= 15 is 0 Å². The van der Waals surface area contributed by atoms with Crippen molar-refractivity contribution in [2.75, 3.05) is 17.7 Å². The minimum Gasteiger partial charge on any atom is -0.457 e. The summed E-state index contributed by atoms with van der Waals surface area (Å²) in [4.78, 5) is 40.0. The zero-order valence-electron chi connectivity index (χ0n) is 17.0. The van der Waals surface area contributed by atoms with Crippen LogP contribution in [0.4, 0.5) is 5.13 Å². The number of thiazole rings is 1. The molecule has 0 fully saturated rings. The Labute approximate surface area is 196 Å². The number of carbonyl (C=O) groups excluding carboxylic acids is 2. The van der Waals surface area contributed by atoms with Crippen LogP contribution in [0, 0.1) is 6.92 Å². The largest absolute Gasteiger partial charge is 0.457 e. The molecule has 0 radical (unpaired) electrons. The van der Waals surface area contributed by atoms with Gasteiger partial charge in [0.05, 0.1) is 5.75 Å². The van der Waals surface area contributed by atoms with Crippen LogP contribution in [0.3, 0.4) is 0 Å². The zero-order valence-corrected chi connectivity index (χ0v) is 19.5. The molecule has 0 bridgehead atoms. The van der Waals surface area contributed by atoms with Crippen LogP contribution in [0.5, 0.6) is 0 Å². The van der Waals surface area contributed by atoms with E-state index in [9.17, 15) is 9.59 Å². The first-order valence-corrected chi connectivity index (χ1v) is 12.1. The van der Waals surface area contributed by atoms with Gasteiger partial charge in [-0.05, 0) is 18.6 Å². The highest BCUT2D eigenvalue weighted by Gasteiger charge is 2.18. The highest BCUT2D eigenvalue weighted by atomic mass is 32.2. The Morgan fingerprint density at radius 1 is 1.22 bits per heavy atom. The Hall–Kier alpha value is -3.08.